The van der Waals surface area contributed by atoms with E-state index in [-0.39, 0.29) is 18.1 Å². The fraction of sp³-hybridized carbons (Fsp3) is 0.533. The first-order chi connectivity index (χ1) is 9.08. The Labute approximate surface area is 120 Å². The van der Waals surface area contributed by atoms with Gasteiger partial charge in [-0.15, -0.1) is 0 Å². The van der Waals surface area contributed by atoms with Gasteiger partial charge >= 0.3 is 5.97 Å². The van der Waals surface area contributed by atoms with Crippen LogP contribution in [-0.2, 0) is 9.53 Å². The fourth-order valence-corrected chi connectivity index (χ4v) is 2.10. The molecule has 4 heteroatoms. The summed E-state index contributed by atoms with van der Waals surface area (Å²) in [7, 11) is 1.43. The molecule has 0 bridgehead atoms. The first-order valence-electron chi connectivity index (χ1n) is 6.67. The van der Waals surface area contributed by atoms with Gasteiger partial charge in [0, 0.05) is 11.1 Å². The lowest BCUT2D eigenvalue weighted by molar-refractivity contribution is -0.143. The van der Waals surface area contributed by atoms with Gasteiger partial charge in [-0.3, -0.25) is 10.1 Å². The largest absolute Gasteiger partial charge is 0.468 e. The van der Waals surface area contributed by atoms with E-state index in [2.05, 4.69) is 12.2 Å². The van der Waals surface area contributed by atoms with Gasteiger partial charge in [0.1, 0.15) is 6.04 Å². The predicted octanol–water partition coefficient (Wildman–Crippen LogP) is 3.72. The number of carbonyl (C=O) groups excluding carboxylic acids is 1. The highest BCUT2D eigenvalue weighted by Crippen LogP contribution is 2.17. The number of ether oxygens (including phenoxy) is 1. The topological polar surface area (TPSA) is 38.3 Å². The van der Waals surface area contributed by atoms with Gasteiger partial charge in [0.15, 0.2) is 0 Å². The van der Waals surface area contributed by atoms with Crippen LogP contribution in [0.2, 0.25) is 5.02 Å². The maximum absolute atomic E-state index is 11.7. The zero-order valence-electron chi connectivity index (χ0n) is 11.8. The average Bonchev–Trinajstić information content (AvgIpc) is 2.43. The van der Waals surface area contributed by atoms with Gasteiger partial charge in [-0.2, -0.15) is 0 Å². The Hall–Kier alpha value is -1.06. The van der Waals surface area contributed by atoms with Crippen molar-refractivity contribution in [2.24, 2.45) is 0 Å². The number of nitrogens with one attached hydrogen (secondary N) is 1. The van der Waals surface area contributed by atoms with Gasteiger partial charge in [0.25, 0.3) is 0 Å². The zero-order valence-corrected chi connectivity index (χ0v) is 12.5. The van der Waals surface area contributed by atoms with Gasteiger partial charge in [-0.05, 0) is 31.0 Å². The Bertz CT molecular complexity index is 392. The summed E-state index contributed by atoms with van der Waals surface area (Å²) in [6.07, 6.45) is 2.85. The third-order valence-electron chi connectivity index (χ3n) is 3.15. The molecule has 0 aliphatic rings. The first kappa shape index (κ1) is 16.0. The first-order valence-corrected chi connectivity index (χ1v) is 7.05. The van der Waals surface area contributed by atoms with E-state index >= 15 is 0 Å². The Kier molecular flexibility index (Phi) is 6.89. The fourth-order valence-electron chi connectivity index (χ4n) is 1.97. The van der Waals surface area contributed by atoms with Crippen LogP contribution in [0.5, 0.6) is 0 Å². The lowest BCUT2D eigenvalue weighted by Gasteiger charge is -2.21. The summed E-state index contributed by atoms with van der Waals surface area (Å²) < 4.78 is 4.84. The SMILES string of the molecule is CCCCC(NC(C)c1ccc(Cl)cc1)C(=O)OC. The minimum Gasteiger partial charge on any atom is -0.468 e. The number of esters is 1. The minimum absolute atomic E-state index is 0.0817. The number of carbonyl (C=O) groups is 1. The summed E-state index contributed by atoms with van der Waals surface area (Å²) in [5.74, 6) is -0.200. The van der Waals surface area contributed by atoms with Crippen LogP contribution in [0.15, 0.2) is 24.3 Å². The summed E-state index contributed by atoms with van der Waals surface area (Å²) in [6.45, 7) is 4.14. The van der Waals surface area contributed by atoms with E-state index in [0.29, 0.717) is 5.02 Å². The Morgan fingerprint density at radius 3 is 2.53 bits per heavy atom. The molecule has 1 rings (SSSR count). The number of hydrogen-bond donors (Lipinski definition) is 1. The van der Waals surface area contributed by atoms with Crippen molar-refractivity contribution in [2.45, 2.75) is 45.2 Å². The van der Waals surface area contributed by atoms with E-state index in [1.165, 1.54) is 7.11 Å². The Morgan fingerprint density at radius 1 is 1.37 bits per heavy atom. The van der Waals surface area contributed by atoms with Crippen LogP contribution in [0.1, 0.15) is 44.7 Å². The second-order valence-corrected chi connectivity index (χ2v) is 5.09. The summed E-state index contributed by atoms with van der Waals surface area (Å²) >= 11 is 5.87. The molecular formula is C15H22ClNO2. The van der Waals surface area contributed by atoms with Crippen LogP contribution in [0, 0.1) is 0 Å². The number of rotatable bonds is 7. The predicted molar refractivity (Wildman–Crippen MR) is 78.3 cm³/mol. The van der Waals surface area contributed by atoms with Gasteiger partial charge in [-0.25, -0.2) is 0 Å². The number of benzene rings is 1. The molecule has 3 nitrogen and oxygen atoms in total. The average molecular weight is 284 g/mol. The number of unbranched alkanes of at least 4 members (excludes halogenated alkanes) is 1. The van der Waals surface area contributed by atoms with Crippen molar-refractivity contribution in [3.8, 4) is 0 Å². The van der Waals surface area contributed by atoms with E-state index in [0.717, 1.165) is 24.8 Å². The van der Waals surface area contributed by atoms with Crippen molar-refractivity contribution in [1.82, 2.24) is 5.32 Å². The number of hydrogen-bond acceptors (Lipinski definition) is 3. The molecule has 0 heterocycles. The summed E-state index contributed by atoms with van der Waals surface area (Å²) in [4.78, 5) is 11.7. The van der Waals surface area contributed by atoms with E-state index in [4.69, 9.17) is 16.3 Å². The molecule has 0 radical (unpaired) electrons. The highest BCUT2D eigenvalue weighted by Gasteiger charge is 2.20. The van der Waals surface area contributed by atoms with Crippen LogP contribution in [-0.4, -0.2) is 19.1 Å². The second kappa shape index (κ2) is 8.18. The van der Waals surface area contributed by atoms with Crippen molar-refractivity contribution in [1.29, 1.82) is 0 Å². The molecule has 2 atom stereocenters. The monoisotopic (exact) mass is 283 g/mol. The van der Waals surface area contributed by atoms with E-state index in [1.807, 2.05) is 31.2 Å². The molecule has 0 spiro atoms. The van der Waals surface area contributed by atoms with Crippen molar-refractivity contribution in [3.05, 3.63) is 34.9 Å². The third kappa shape index (κ3) is 5.21. The molecule has 2 unspecified atom stereocenters. The van der Waals surface area contributed by atoms with Crippen molar-refractivity contribution >= 4 is 17.6 Å². The molecular weight excluding hydrogens is 262 g/mol. The molecule has 0 saturated carbocycles. The molecule has 1 aromatic carbocycles. The van der Waals surface area contributed by atoms with Gasteiger partial charge < -0.3 is 4.74 Å². The van der Waals surface area contributed by atoms with Crippen LogP contribution in [0.4, 0.5) is 0 Å². The molecule has 0 amide bonds. The van der Waals surface area contributed by atoms with Crippen LogP contribution < -0.4 is 5.32 Å². The van der Waals surface area contributed by atoms with E-state index in [9.17, 15) is 4.79 Å². The Balaban J connectivity index is 2.66. The highest BCUT2D eigenvalue weighted by molar-refractivity contribution is 6.30. The lowest BCUT2D eigenvalue weighted by Crippen LogP contribution is -2.39. The van der Waals surface area contributed by atoms with Crippen LogP contribution in [0.25, 0.3) is 0 Å². The molecule has 0 fully saturated rings. The zero-order chi connectivity index (χ0) is 14.3. The molecule has 1 N–H and O–H groups in total. The second-order valence-electron chi connectivity index (χ2n) is 4.66. The molecule has 106 valence electrons. The van der Waals surface area contributed by atoms with Gasteiger partial charge in [0.2, 0.25) is 0 Å². The quantitative estimate of drug-likeness (QED) is 0.775. The normalized spacial score (nSPS) is 13.9. The van der Waals surface area contributed by atoms with Crippen LogP contribution >= 0.6 is 11.6 Å². The number of halogens is 1. The van der Waals surface area contributed by atoms with Crippen molar-refractivity contribution in [3.63, 3.8) is 0 Å². The molecule has 1 aromatic rings. The Morgan fingerprint density at radius 2 is 2.00 bits per heavy atom. The number of methoxy groups -OCH3 is 1. The molecule has 0 saturated heterocycles. The maximum Gasteiger partial charge on any atom is 0.322 e. The summed E-state index contributed by atoms with van der Waals surface area (Å²) in [5.41, 5.74) is 1.11. The molecule has 0 aliphatic carbocycles. The smallest absolute Gasteiger partial charge is 0.322 e. The van der Waals surface area contributed by atoms with Crippen molar-refractivity contribution in [2.75, 3.05) is 7.11 Å². The van der Waals surface area contributed by atoms with E-state index < -0.39 is 0 Å². The van der Waals surface area contributed by atoms with Crippen molar-refractivity contribution < 1.29 is 9.53 Å². The minimum atomic E-state index is -0.254. The summed E-state index contributed by atoms with van der Waals surface area (Å²) in [6, 6.07) is 7.47. The van der Waals surface area contributed by atoms with Gasteiger partial charge in [0.05, 0.1) is 7.11 Å². The third-order valence-corrected chi connectivity index (χ3v) is 3.41. The van der Waals surface area contributed by atoms with E-state index in [1.54, 1.807) is 0 Å². The standard InChI is InChI=1S/C15H22ClNO2/c1-4-5-6-14(15(18)19-3)17-11(2)12-7-9-13(16)10-8-12/h7-11,14,17H,4-6H2,1-3H3. The highest BCUT2D eigenvalue weighted by atomic mass is 35.5. The summed E-state index contributed by atoms with van der Waals surface area (Å²) in [5, 5.41) is 4.03. The molecule has 19 heavy (non-hydrogen) atoms. The molecule has 0 aliphatic heterocycles. The van der Waals surface area contributed by atoms with Gasteiger partial charge in [-0.1, -0.05) is 43.5 Å². The lowest BCUT2D eigenvalue weighted by atomic mass is 10.0. The van der Waals surface area contributed by atoms with Crippen LogP contribution in [0.3, 0.4) is 0 Å². The molecule has 0 aromatic heterocycles. The maximum atomic E-state index is 11.7.